The number of aromatic nitrogens is 1. The van der Waals surface area contributed by atoms with Crippen LogP contribution in [0.25, 0.3) is 10.6 Å². The normalized spacial score (nSPS) is 24.5. The van der Waals surface area contributed by atoms with E-state index in [1.165, 1.54) is 17.4 Å². The second kappa shape index (κ2) is 10.4. The highest BCUT2D eigenvalue weighted by molar-refractivity contribution is 7.15. The van der Waals surface area contributed by atoms with Gasteiger partial charge < -0.3 is 9.84 Å². The lowest BCUT2D eigenvalue weighted by Crippen LogP contribution is -2.52. The molecule has 1 aliphatic heterocycles. The van der Waals surface area contributed by atoms with E-state index in [9.17, 15) is 18.3 Å². The Labute approximate surface area is 215 Å². The molecule has 1 saturated heterocycles. The summed E-state index contributed by atoms with van der Waals surface area (Å²) in [5, 5.41) is 11.0. The van der Waals surface area contributed by atoms with E-state index in [0.717, 1.165) is 23.4 Å². The largest absolute Gasteiger partial charge is 0.434 e. The molecule has 0 unspecified atom stereocenters. The van der Waals surface area contributed by atoms with Crippen LogP contribution in [0.5, 0.6) is 5.75 Å². The van der Waals surface area contributed by atoms with E-state index in [1.54, 1.807) is 31.6 Å². The summed E-state index contributed by atoms with van der Waals surface area (Å²) in [6.07, 6.45) is 5.79. The summed E-state index contributed by atoms with van der Waals surface area (Å²) in [7, 11) is 1.65. The first kappa shape index (κ1) is 27.1. The maximum Gasteiger partial charge on any atom is 0.387 e. The zero-order valence-corrected chi connectivity index (χ0v) is 22.3. The first-order valence-electron chi connectivity index (χ1n) is 12.4. The van der Waals surface area contributed by atoms with Gasteiger partial charge in [0.1, 0.15) is 16.4 Å². The number of piperidine rings is 1. The van der Waals surface area contributed by atoms with E-state index in [0.29, 0.717) is 48.8 Å². The van der Waals surface area contributed by atoms with Gasteiger partial charge in [-0.2, -0.15) is 8.78 Å². The van der Waals surface area contributed by atoms with Crippen molar-refractivity contribution in [1.29, 1.82) is 0 Å². The van der Waals surface area contributed by atoms with E-state index in [1.807, 2.05) is 0 Å². The molecule has 2 aromatic rings. The number of halogens is 3. The summed E-state index contributed by atoms with van der Waals surface area (Å²) in [5.74, 6) is 0.381. The van der Waals surface area contributed by atoms with Gasteiger partial charge in [0.25, 0.3) is 0 Å². The first-order chi connectivity index (χ1) is 16.9. The molecule has 2 fully saturated rings. The third kappa shape index (κ3) is 6.47. The van der Waals surface area contributed by atoms with Crippen molar-refractivity contribution in [3.63, 3.8) is 0 Å². The van der Waals surface area contributed by atoms with E-state index < -0.39 is 17.7 Å². The van der Waals surface area contributed by atoms with Crippen LogP contribution in [0.2, 0.25) is 0 Å². The molecule has 2 aliphatic rings. The zero-order chi connectivity index (χ0) is 26.1. The summed E-state index contributed by atoms with van der Waals surface area (Å²) in [6, 6.07) is 4.93. The SMILES string of the molecule is CN=Cc1ccc(OC(F)F)c(-c2ncc(CN3C[C@H](C(C)(C)C)C[C@](CO)(CC4(F)CC4)C3)s2)c1. The molecule has 36 heavy (non-hydrogen) atoms. The molecule has 0 spiro atoms. The number of likely N-dealkylation sites (tertiary alicyclic amines) is 1. The fourth-order valence-electron chi connectivity index (χ4n) is 5.35. The monoisotopic (exact) mass is 523 g/mol. The highest BCUT2D eigenvalue weighted by Gasteiger charge is 2.52. The maximum absolute atomic E-state index is 14.9. The van der Waals surface area contributed by atoms with E-state index in [2.05, 4.69) is 35.6 Å². The number of aliphatic imine (C=N–C) groups is 1. The smallest absolute Gasteiger partial charge is 0.387 e. The van der Waals surface area contributed by atoms with Crippen molar-refractivity contribution in [3.8, 4) is 16.3 Å². The number of hydrogen-bond acceptors (Lipinski definition) is 6. The van der Waals surface area contributed by atoms with Crippen LogP contribution in [-0.2, 0) is 6.54 Å². The molecule has 9 heteroatoms. The highest BCUT2D eigenvalue weighted by Crippen LogP contribution is 2.53. The number of rotatable bonds is 9. The quantitative estimate of drug-likeness (QED) is 0.398. The van der Waals surface area contributed by atoms with E-state index >= 15 is 0 Å². The van der Waals surface area contributed by atoms with Crippen LogP contribution in [0.3, 0.4) is 0 Å². The Kier molecular flexibility index (Phi) is 7.84. The van der Waals surface area contributed by atoms with Gasteiger partial charge in [0.05, 0.1) is 12.2 Å². The topological polar surface area (TPSA) is 58.0 Å². The van der Waals surface area contributed by atoms with Crippen LogP contribution >= 0.6 is 11.3 Å². The van der Waals surface area contributed by atoms with Crippen molar-refractivity contribution < 1.29 is 23.0 Å². The van der Waals surface area contributed by atoms with Crippen LogP contribution in [-0.4, -0.2) is 60.2 Å². The lowest BCUT2D eigenvalue weighted by molar-refractivity contribution is -0.0494. The van der Waals surface area contributed by atoms with Gasteiger partial charge in [-0.3, -0.25) is 9.89 Å². The van der Waals surface area contributed by atoms with E-state index in [4.69, 9.17) is 4.74 Å². The summed E-state index contributed by atoms with van der Waals surface area (Å²) >= 11 is 1.43. The molecular formula is C27H36F3N3O2S. The van der Waals surface area contributed by atoms with Crippen molar-refractivity contribution in [2.45, 2.75) is 65.3 Å². The molecule has 2 heterocycles. The minimum Gasteiger partial charge on any atom is -0.434 e. The predicted molar refractivity (Wildman–Crippen MR) is 138 cm³/mol. The van der Waals surface area contributed by atoms with Crippen molar-refractivity contribution in [3.05, 3.63) is 34.8 Å². The van der Waals surface area contributed by atoms with Gasteiger partial charge in [-0.1, -0.05) is 20.8 Å². The minimum absolute atomic E-state index is 0.0216. The molecule has 1 aromatic carbocycles. The van der Waals surface area contributed by atoms with Crippen LogP contribution < -0.4 is 4.74 Å². The molecular weight excluding hydrogens is 487 g/mol. The average Bonchev–Trinajstić information content (AvgIpc) is 3.33. The van der Waals surface area contributed by atoms with Crippen LogP contribution in [0.1, 0.15) is 56.9 Å². The van der Waals surface area contributed by atoms with Gasteiger partial charge in [0.15, 0.2) is 0 Å². The Hall–Kier alpha value is -1.97. The van der Waals surface area contributed by atoms with E-state index in [-0.39, 0.29) is 17.8 Å². The Morgan fingerprint density at radius 3 is 2.69 bits per heavy atom. The number of nitrogens with zero attached hydrogens (tertiary/aromatic N) is 3. The third-order valence-corrected chi connectivity index (χ3v) is 8.44. The summed E-state index contributed by atoms with van der Waals surface area (Å²) in [5.41, 5.74) is -0.329. The number of alkyl halides is 3. The molecule has 0 radical (unpaired) electrons. The number of aliphatic hydroxyl groups excluding tert-OH is 1. The second-order valence-corrected chi connectivity index (χ2v) is 12.7. The standard InChI is InChI=1S/C27H36F3N3O2S/c1-25(2,3)19-10-26(17-34,15-27(30)7-8-27)16-33(13-19)14-20-12-32-23(36-20)21-9-18(11-31-4)5-6-22(21)35-24(28)29/h5-6,9,11-12,19,24,34H,7-8,10,13-17H2,1-4H3/t19-,26+/m1/s1. The molecule has 4 rings (SSSR count). The van der Waals surface area contributed by atoms with Crippen LogP contribution in [0, 0.1) is 16.7 Å². The fourth-order valence-corrected chi connectivity index (χ4v) is 6.33. The lowest BCUT2D eigenvalue weighted by Gasteiger charge is -2.50. The van der Waals surface area contributed by atoms with Crippen molar-refractivity contribution in [1.82, 2.24) is 9.88 Å². The second-order valence-electron chi connectivity index (χ2n) is 11.6. The zero-order valence-electron chi connectivity index (χ0n) is 21.4. The number of thiazole rings is 1. The summed E-state index contributed by atoms with van der Waals surface area (Å²) < 4.78 is 45.7. The predicted octanol–water partition coefficient (Wildman–Crippen LogP) is 6.20. The molecule has 1 aromatic heterocycles. The van der Waals surface area contributed by atoms with Crippen molar-refractivity contribution in [2.75, 3.05) is 26.7 Å². The molecule has 198 valence electrons. The Bertz CT molecular complexity index is 1080. The number of hydrogen-bond donors (Lipinski definition) is 1. The van der Waals surface area contributed by atoms with Gasteiger partial charge in [-0.25, -0.2) is 9.37 Å². The maximum atomic E-state index is 14.9. The molecule has 1 aliphatic carbocycles. The fraction of sp³-hybridized carbons (Fsp3) is 0.630. The van der Waals surface area contributed by atoms with Gasteiger partial charge in [0, 0.05) is 49.4 Å². The summed E-state index contributed by atoms with van der Waals surface area (Å²) in [4.78, 5) is 11.8. The van der Waals surface area contributed by atoms with Gasteiger partial charge >= 0.3 is 6.61 Å². The molecule has 0 amide bonds. The number of aliphatic hydroxyl groups is 1. The van der Waals surface area contributed by atoms with Crippen LogP contribution in [0.4, 0.5) is 13.2 Å². The average molecular weight is 524 g/mol. The minimum atomic E-state index is -2.94. The lowest BCUT2D eigenvalue weighted by atomic mass is 9.65. The Balaban J connectivity index is 1.58. The van der Waals surface area contributed by atoms with Gasteiger partial charge in [0.2, 0.25) is 0 Å². The summed E-state index contributed by atoms with van der Waals surface area (Å²) in [6.45, 7) is 5.71. The van der Waals surface area contributed by atoms with Crippen molar-refractivity contribution in [2.24, 2.45) is 21.7 Å². The molecule has 1 N–H and O–H groups in total. The molecule has 2 atom stereocenters. The highest BCUT2D eigenvalue weighted by atomic mass is 32.1. The Morgan fingerprint density at radius 2 is 2.08 bits per heavy atom. The van der Waals surface area contributed by atoms with Crippen molar-refractivity contribution >= 4 is 17.6 Å². The number of ether oxygens (including phenoxy) is 1. The van der Waals surface area contributed by atoms with Gasteiger partial charge in [-0.15, -0.1) is 11.3 Å². The molecule has 5 nitrogen and oxygen atoms in total. The molecule has 1 saturated carbocycles. The van der Waals surface area contributed by atoms with Gasteiger partial charge in [-0.05, 0) is 60.8 Å². The third-order valence-electron chi connectivity index (χ3n) is 7.42. The molecule has 0 bridgehead atoms. The van der Waals surface area contributed by atoms with Crippen LogP contribution in [0.15, 0.2) is 29.4 Å². The Morgan fingerprint density at radius 1 is 1.33 bits per heavy atom. The first-order valence-corrected chi connectivity index (χ1v) is 13.2. The number of benzene rings is 1.